The van der Waals surface area contributed by atoms with Gasteiger partial charge in [-0.2, -0.15) is 0 Å². The maximum atomic E-state index is 6.12. The zero-order valence-corrected chi connectivity index (χ0v) is 12.0. The maximum absolute atomic E-state index is 6.12. The van der Waals surface area contributed by atoms with Crippen LogP contribution >= 0.6 is 45.3 Å². The summed E-state index contributed by atoms with van der Waals surface area (Å²) >= 11 is 5.75. The molecule has 0 aliphatic heterocycles. The third kappa shape index (κ3) is 2.99. The number of halogens is 1. The number of thiazole rings is 1. The van der Waals surface area contributed by atoms with Gasteiger partial charge in [0.25, 0.3) is 0 Å². The van der Waals surface area contributed by atoms with Gasteiger partial charge in [-0.05, 0) is 46.5 Å². The van der Waals surface area contributed by atoms with Crippen LogP contribution in [0.25, 0.3) is 0 Å². The van der Waals surface area contributed by atoms with Crippen LogP contribution in [0.2, 0.25) is 0 Å². The van der Waals surface area contributed by atoms with Gasteiger partial charge >= 0.3 is 0 Å². The normalized spacial score (nSPS) is 13.0. The molecule has 15 heavy (non-hydrogen) atoms. The quantitative estimate of drug-likeness (QED) is 0.863. The Kier molecular flexibility index (Phi) is 3.76. The number of rotatable bonds is 3. The van der Waals surface area contributed by atoms with E-state index in [0.717, 1.165) is 17.1 Å². The first-order chi connectivity index (χ1) is 7.15. The van der Waals surface area contributed by atoms with Gasteiger partial charge in [0.2, 0.25) is 0 Å². The summed E-state index contributed by atoms with van der Waals surface area (Å²) in [6, 6.07) is 2.23. The SMILES string of the molecule is Cc1csc(CC(N)c2csc(I)c2)n1. The molecule has 2 rings (SSSR count). The van der Waals surface area contributed by atoms with Gasteiger partial charge in [-0.25, -0.2) is 4.98 Å². The van der Waals surface area contributed by atoms with Crippen molar-refractivity contribution >= 4 is 45.3 Å². The first-order valence-corrected chi connectivity index (χ1v) is 7.39. The molecule has 0 radical (unpaired) electrons. The third-order valence-corrected chi connectivity index (χ3v) is 4.87. The molecule has 0 aromatic carbocycles. The molecule has 2 aromatic rings. The smallest absolute Gasteiger partial charge is 0.0947 e. The van der Waals surface area contributed by atoms with Gasteiger partial charge in [0.1, 0.15) is 0 Å². The van der Waals surface area contributed by atoms with Crippen molar-refractivity contribution < 1.29 is 0 Å². The molecule has 0 bridgehead atoms. The second-order valence-corrected chi connectivity index (χ2v) is 7.13. The van der Waals surface area contributed by atoms with E-state index in [1.807, 2.05) is 6.92 Å². The topological polar surface area (TPSA) is 38.9 Å². The lowest BCUT2D eigenvalue weighted by Gasteiger charge is -2.06. The summed E-state index contributed by atoms with van der Waals surface area (Å²) in [5, 5.41) is 5.33. The van der Waals surface area contributed by atoms with Crippen molar-refractivity contribution in [1.29, 1.82) is 0 Å². The van der Waals surface area contributed by atoms with Crippen LogP contribution in [0.5, 0.6) is 0 Å². The number of nitrogens with zero attached hydrogens (tertiary/aromatic N) is 1. The molecule has 0 saturated carbocycles. The Morgan fingerprint density at radius 2 is 2.27 bits per heavy atom. The van der Waals surface area contributed by atoms with E-state index in [2.05, 4.69) is 44.4 Å². The molecule has 2 aromatic heterocycles. The lowest BCUT2D eigenvalue weighted by atomic mass is 10.1. The predicted octanol–water partition coefficient (Wildman–Crippen LogP) is 3.36. The van der Waals surface area contributed by atoms with Crippen LogP contribution in [0, 0.1) is 9.81 Å². The van der Waals surface area contributed by atoms with Crippen LogP contribution in [0.4, 0.5) is 0 Å². The average Bonchev–Trinajstić information content (AvgIpc) is 2.75. The average molecular weight is 350 g/mol. The molecule has 0 saturated heterocycles. The first kappa shape index (κ1) is 11.5. The number of hydrogen-bond acceptors (Lipinski definition) is 4. The summed E-state index contributed by atoms with van der Waals surface area (Å²) in [4.78, 5) is 4.42. The zero-order chi connectivity index (χ0) is 10.8. The molecule has 2 heterocycles. The van der Waals surface area contributed by atoms with Crippen molar-refractivity contribution in [2.75, 3.05) is 0 Å². The molecule has 2 N–H and O–H groups in total. The van der Waals surface area contributed by atoms with Gasteiger partial charge in [-0.15, -0.1) is 22.7 Å². The number of nitrogens with two attached hydrogens (primary N) is 1. The molecular formula is C10H11IN2S2. The summed E-state index contributed by atoms with van der Waals surface area (Å²) in [5.74, 6) is 0. The number of thiophene rings is 1. The van der Waals surface area contributed by atoms with E-state index in [-0.39, 0.29) is 6.04 Å². The minimum atomic E-state index is 0.0790. The molecule has 0 amide bonds. The molecule has 5 heteroatoms. The molecule has 1 atom stereocenters. The Labute approximate surface area is 111 Å². The molecule has 0 aliphatic rings. The summed E-state index contributed by atoms with van der Waals surface area (Å²) in [6.45, 7) is 2.01. The van der Waals surface area contributed by atoms with E-state index in [1.54, 1.807) is 22.7 Å². The van der Waals surface area contributed by atoms with E-state index in [1.165, 1.54) is 8.45 Å². The van der Waals surface area contributed by atoms with Gasteiger partial charge in [0.15, 0.2) is 0 Å². The fraction of sp³-hybridized carbons (Fsp3) is 0.300. The van der Waals surface area contributed by atoms with Gasteiger partial charge in [0, 0.05) is 23.5 Å². The molecule has 0 spiro atoms. The minimum absolute atomic E-state index is 0.0790. The van der Waals surface area contributed by atoms with Crippen LogP contribution in [-0.2, 0) is 6.42 Å². The lowest BCUT2D eigenvalue weighted by Crippen LogP contribution is -2.12. The van der Waals surface area contributed by atoms with Crippen molar-refractivity contribution in [1.82, 2.24) is 4.98 Å². The van der Waals surface area contributed by atoms with Crippen LogP contribution in [0.3, 0.4) is 0 Å². The molecular weight excluding hydrogens is 339 g/mol. The summed E-state index contributed by atoms with van der Waals surface area (Å²) in [7, 11) is 0. The van der Waals surface area contributed by atoms with Crippen LogP contribution in [0.1, 0.15) is 22.3 Å². The van der Waals surface area contributed by atoms with E-state index >= 15 is 0 Å². The predicted molar refractivity (Wildman–Crippen MR) is 74.5 cm³/mol. The number of hydrogen-bond donors (Lipinski definition) is 1. The zero-order valence-electron chi connectivity index (χ0n) is 8.24. The number of aromatic nitrogens is 1. The molecule has 1 unspecified atom stereocenters. The first-order valence-electron chi connectivity index (χ1n) is 4.55. The second-order valence-electron chi connectivity index (χ2n) is 3.38. The lowest BCUT2D eigenvalue weighted by molar-refractivity contribution is 0.719. The fourth-order valence-corrected chi connectivity index (χ4v) is 3.59. The Balaban J connectivity index is 2.06. The van der Waals surface area contributed by atoms with E-state index in [4.69, 9.17) is 5.73 Å². The monoisotopic (exact) mass is 350 g/mol. The summed E-state index contributed by atoms with van der Waals surface area (Å²) < 4.78 is 1.29. The Morgan fingerprint density at radius 3 is 2.80 bits per heavy atom. The molecule has 2 nitrogen and oxygen atoms in total. The van der Waals surface area contributed by atoms with Crippen molar-refractivity contribution in [2.24, 2.45) is 5.73 Å². The highest BCUT2D eigenvalue weighted by Crippen LogP contribution is 2.24. The minimum Gasteiger partial charge on any atom is -0.324 e. The highest BCUT2D eigenvalue weighted by Gasteiger charge is 2.10. The van der Waals surface area contributed by atoms with Crippen molar-refractivity contribution in [3.63, 3.8) is 0 Å². The van der Waals surface area contributed by atoms with Gasteiger partial charge < -0.3 is 5.73 Å². The van der Waals surface area contributed by atoms with E-state index < -0.39 is 0 Å². The second kappa shape index (κ2) is 4.90. The van der Waals surface area contributed by atoms with Crippen LogP contribution < -0.4 is 5.73 Å². The van der Waals surface area contributed by atoms with Gasteiger partial charge in [0.05, 0.1) is 7.89 Å². The molecule has 0 aliphatic carbocycles. The highest BCUT2D eigenvalue weighted by atomic mass is 127. The van der Waals surface area contributed by atoms with E-state index in [9.17, 15) is 0 Å². The molecule has 0 fully saturated rings. The highest BCUT2D eigenvalue weighted by molar-refractivity contribution is 14.1. The van der Waals surface area contributed by atoms with Crippen molar-refractivity contribution in [3.8, 4) is 0 Å². The van der Waals surface area contributed by atoms with Gasteiger partial charge in [-0.3, -0.25) is 0 Å². The largest absolute Gasteiger partial charge is 0.324 e. The van der Waals surface area contributed by atoms with E-state index in [0.29, 0.717) is 0 Å². The van der Waals surface area contributed by atoms with Crippen LogP contribution in [0.15, 0.2) is 16.8 Å². The van der Waals surface area contributed by atoms with Crippen molar-refractivity contribution in [3.05, 3.63) is 36.0 Å². The third-order valence-electron chi connectivity index (χ3n) is 2.08. The Morgan fingerprint density at radius 1 is 1.47 bits per heavy atom. The number of aryl methyl sites for hydroxylation is 1. The summed E-state index contributed by atoms with van der Waals surface area (Å²) in [6.07, 6.45) is 0.839. The molecule has 80 valence electrons. The van der Waals surface area contributed by atoms with Crippen molar-refractivity contribution in [2.45, 2.75) is 19.4 Å². The fourth-order valence-electron chi connectivity index (χ4n) is 1.32. The summed E-state index contributed by atoms with van der Waals surface area (Å²) in [5.41, 5.74) is 8.42. The Bertz CT molecular complexity index is 450. The van der Waals surface area contributed by atoms with Crippen LogP contribution in [-0.4, -0.2) is 4.98 Å². The standard InChI is InChI=1S/C10H11IN2S2/c1-6-4-15-10(13-6)3-8(12)7-2-9(11)14-5-7/h2,4-5,8H,3,12H2,1H3. The maximum Gasteiger partial charge on any atom is 0.0947 e. The van der Waals surface area contributed by atoms with Gasteiger partial charge in [-0.1, -0.05) is 0 Å². The Hall–Kier alpha value is 0.0200.